The number of hydrogen-bond donors (Lipinski definition) is 2. The van der Waals surface area contributed by atoms with Crippen molar-refractivity contribution in [3.63, 3.8) is 0 Å². The number of ether oxygens (including phenoxy) is 1. The molecular weight excluding hydrogens is 258 g/mol. The lowest BCUT2D eigenvalue weighted by Crippen LogP contribution is -2.18. The summed E-state index contributed by atoms with van der Waals surface area (Å²) in [6, 6.07) is 7.53. The molecule has 1 aromatic carbocycles. The molecule has 1 aliphatic rings. The zero-order valence-corrected chi connectivity index (χ0v) is 12.2. The molecule has 0 aromatic heterocycles. The quantitative estimate of drug-likeness (QED) is 0.750. The first-order chi connectivity index (χ1) is 9.17. The Morgan fingerprint density at radius 2 is 2.05 bits per heavy atom. The summed E-state index contributed by atoms with van der Waals surface area (Å²) >= 11 is 4.31. The molecule has 0 unspecified atom stereocenters. The van der Waals surface area contributed by atoms with Gasteiger partial charge in [0, 0.05) is 12.1 Å². The second-order valence-corrected chi connectivity index (χ2v) is 5.57. The molecule has 0 saturated heterocycles. The van der Waals surface area contributed by atoms with E-state index in [1.54, 1.807) is 0 Å². The van der Waals surface area contributed by atoms with Crippen LogP contribution in [0.4, 0.5) is 5.69 Å². The van der Waals surface area contributed by atoms with Crippen molar-refractivity contribution in [3.8, 4) is 5.75 Å². The fraction of sp³-hybridized carbons (Fsp3) is 0.533. The van der Waals surface area contributed by atoms with Gasteiger partial charge in [-0.05, 0) is 54.7 Å². The number of carbonyl (C=O) groups is 1. The summed E-state index contributed by atoms with van der Waals surface area (Å²) in [5.74, 6) is 1.71. The van der Waals surface area contributed by atoms with Crippen LogP contribution in [-0.4, -0.2) is 18.3 Å². The monoisotopic (exact) mass is 279 g/mol. The lowest BCUT2D eigenvalue weighted by molar-refractivity contribution is -0.117. The maximum absolute atomic E-state index is 11.9. The summed E-state index contributed by atoms with van der Waals surface area (Å²) in [5, 5.41) is 2.93. The first-order valence-electron chi connectivity index (χ1n) is 6.81. The number of thiol groups is 1. The second-order valence-electron chi connectivity index (χ2n) is 5.26. The van der Waals surface area contributed by atoms with E-state index in [0.717, 1.165) is 43.1 Å². The normalized spacial score (nSPS) is 15.9. The Balaban J connectivity index is 1.83. The third kappa shape index (κ3) is 4.16. The summed E-state index contributed by atoms with van der Waals surface area (Å²) in [4.78, 5) is 11.9. The number of benzene rings is 1. The summed E-state index contributed by atoms with van der Waals surface area (Å²) in [7, 11) is 0. The molecule has 0 radical (unpaired) electrons. The highest BCUT2D eigenvalue weighted by atomic mass is 32.1. The lowest BCUT2D eigenvalue weighted by Gasteiger charge is -2.12. The number of hydrogen-bond acceptors (Lipinski definition) is 3. The fourth-order valence-electron chi connectivity index (χ4n) is 1.97. The van der Waals surface area contributed by atoms with E-state index < -0.39 is 0 Å². The van der Waals surface area contributed by atoms with Gasteiger partial charge in [-0.1, -0.05) is 6.92 Å². The smallest absolute Gasteiger partial charge is 0.224 e. The molecule has 0 heterocycles. The van der Waals surface area contributed by atoms with Crippen LogP contribution in [-0.2, 0) is 4.79 Å². The van der Waals surface area contributed by atoms with Crippen LogP contribution in [0.1, 0.15) is 32.6 Å². The van der Waals surface area contributed by atoms with Crippen LogP contribution in [0.25, 0.3) is 0 Å². The van der Waals surface area contributed by atoms with Gasteiger partial charge in [-0.15, -0.1) is 0 Å². The predicted octanol–water partition coefficient (Wildman–Crippen LogP) is 3.51. The average molecular weight is 279 g/mol. The second kappa shape index (κ2) is 6.33. The molecule has 1 amide bonds. The zero-order chi connectivity index (χ0) is 13.7. The van der Waals surface area contributed by atoms with Gasteiger partial charge < -0.3 is 10.1 Å². The molecular formula is C15H21NO2S. The minimum atomic E-state index is 0.0776. The molecule has 1 saturated carbocycles. The third-order valence-corrected chi connectivity index (χ3v) is 4.11. The van der Waals surface area contributed by atoms with E-state index in [2.05, 4.69) is 24.9 Å². The standard InChI is InChI=1S/C15H21NO2S/c1-2-9-18-13-5-3-12(4-6-13)16-14(17)10-15(11-19)7-8-15/h3-6,19H,2,7-11H2,1H3,(H,16,17). The maximum Gasteiger partial charge on any atom is 0.224 e. The molecule has 0 atom stereocenters. The van der Waals surface area contributed by atoms with Crippen molar-refractivity contribution < 1.29 is 9.53 Å². The van der Waals surface area contributed by atoms with Crippen LogP contribution in [0.3, 0.4) is 0 Å². The number of nitrogens with one attached hydrogen (secondary N) is 1. The number of carbonyl (C=O) groups excluding carboxylic acids is 1. The van der Waals surface area contributed by atoms with Gasteiger partial charge in [0.05, 0.1) is 6.61 Å². The average Bonchev–Trinajstić information content (AvgIpc) is 3.18. The highest BCUT2D eigenvalue weighted by molar-refractivity contribution is 7.80. The Bertz CT molecular complexity index is 426. The minimum absolute atomic E-state index is 0.0776. The third-order valence-electron chi connectivity index (χ3n) is 3.44. The van der Waals surface area contributed by atoms with Crippen molar-refractivity contribution in [1.82, 2.24) is 0 Å². The largest absolute Gasteiger partial charge is 0.494 e. The topological polar surface area (TPSA) is 38.3 Å². The van der Waals surface area contributed by atoms with E-state index in [1.165, 1.54) is 0 Å². The lowest BCUT2D eigenvalue weighted by atomic mass is 10.1. The van der Waals surface area contributed by atoms with E-state index in [4.69, 9.17) is 4.74 Å². The molecule has 1 aromatic rings. The Kier molecular flexibility index (Phi) is 4.75. The van der Waals surface area contributed by atoms with Gasteiger partial charge in [0.2, 0.25) is 5.91 Å². The van der Waals surface area contributed by atoms with Crippen molar-refractivity contribution in [2.24, 2.45) is 5.41 Å². The van der Waals surface area contributed by atoms with Gasteiger partial charge in [-0.3, -0.25) is 4.79 Å². The molecule has 4 heteroatoms. The van der Waals surface area contributed by atoms with E-state index in [9.17, 15) is 4.79 Å². The first-order valence-corrected chi connectivity index (χ1v) is 7.44. The molecule has 104 valence electrons. The number of amides is 1. The van der Waals surface area contributed by atoms with Crippen LogP contribution in [0.2, 0.25) is 0 Å². The molecule has 1 aliphatic carbocycles. The van der Waals surface area contributed by atoms with Crippen molar-refractivity contribution in [2.75, 3.05) is 17.7 Å². The molecule has 1 N–H and O–H groups in total. The molecule has 0 aliphatic heterocycles. The number of rotatable bonds is 7. The molecule has 3 nitrogen and oxygen atoms in total. The van der Waals surface area contributed by atoms with Gasteiger partial charge >= 0.3 is 0 Å². The highest BCUT2D eigenvalue weighted by Gasteiger charge is 2.42. The highest BCUT2D eigenvalue weighted by Crippen LogP contribution is 2.49. The van der Waals surface area contributed by atoms with E-state index in [1.807, 2.05) is 24.3 Å². The Morgan fingerprint density at radius 1 is 1.37 bits per heavy atom. The van der Waals surface area contributed by atoms with Gasteiger partial charge in [0.1, 0.15) is 5.75 Å². The molecule has 0 spiro atoms. The SMILES string of the molecule is CCCOc1ccc(NC(=O)CC2(CS)CC2)cc1. The van der Waals surface area contributed by atoms with Crippen LogP contribution in [0.15, 0.2) is 24.3 Å². The van der Waals surface area contributed by atoms with Crippen LogP contribution < -0.4 is 10.1 Å². The van der Waals surface area contributed by atoms with Gasteiger partial charge in [0.15, 0.2) is 0 Å². The molecule has 19 heavy (non-hydrogen) atoms. The molecule has 1 fully saturated rings. The Morgan fingerprint density at radius 3 is 2.58 bits per heavy atom. The number of anilines is 1. The minimum Gasteiger partial charge on any atom is -0.494 e. The van der Waals surface area contributed by atoms with Crippen molar-refractivity contribution in [3.05, 3.63) is 24.3 Å². The predicted molar refractivity (Wildman–Crippen MR) is 81.0 cm³/mol. The van der Waals surface area contributed by atoms with Crippen molar-refractivity contribution in [2.45, 2.75) is 32.6 Å². The summed E-state index contributed by atoms with van der Waals surface area (Å²) < 4.78 is 5.50. The maximum atomic E-state index is 11.9. The van der Waals surface area contributed by atoms with E-state index in [-0.39, 0.29) is 11.3 Å². The van der Waals surface area contributed by atoms with Crippen molar-refractivity contribution in [1.29, 1.82) is 0 Å². The zero-order valence-electron chi connectivity index (χ0n) is 11.3. The summed E-state index contributed by atoms with van der Waals surface area (Å²) in [6.07, 6.45) is 3.80. The summed E-state index contributed by atoms with van der Waals surface area (Å²) in [6.45, 7) is 2.79. The molecule has 0 bridgehead atoms. The van der Waals surface area contributed by atoms with E-state index in [0.29, 0.717) is 6.42 Å². The Hall–Kier alpha value is -1.16. The van der Waals surface area contributed by atoms with Crippen LogP contribution in [0, 0.1) is 5.41 Å². The Labute approximate surface area is 120 Å². The van der Waals surface area contributed by atoms with Crippen LogP contribution in [0.5, 0.6) is 5.75 Å². The first kappa shape index (κ1) is 14.3. The fourth-order valence-corrected chi connectivity index (χ4v) is 2.40. The summed E-state index contributed by atoms with van der Waals surface area (Å²) in [5.41, 5.74) is 0.987. The van der Waals surface area contributed by atoms with Gasteiger partial charge in [0.25, 0.3) is 0 Å². The van der Waals surface area contributed by atoms with Crippen molar-refractivity contribution >= 4 is 24.2 Å². The van der Waals surface area contributed by atoms with Gasteiger partial charge in [-0.25, -0.2) is 0 Å². The molecule has 2 rings (SSSR count). The van der Waals surface area contributed by atoms with Crippen LogP contribution >= 0.6 is 12.6 Å². The van der Waals surface area contributed by atoms with E-state index >= 15 is 0 Å². The van der Waals surface area contributed by atoms with Gasteiger partial charge in [-0.2, -0.15) is 12.6 Å².